The van der Waals surface area contributed by atoms with Gasteiger partial charge in [0, 0.05) is 50.7 Å². The Hall–Kier alpha value is -3.54. The van der Waals surface area contributed by atoms with Crippen molar-refractivity contribution in [2.75, 3.05) is 19.5 Å². The smallest absolute Gasteiger partial charge is 0.219 e. The first-order valence-electron chi connectivity index (χ1n) is 9.78. The lowest BCUT2D eigenvalue weighted by Crippen LogP contribution is -2.22. The molecule has 0 aliphatic carbocycles. The Morgan fingerprint density at radius 3 is 2.60 bits per heavy atom. The SMILES string of the molecule is COc1ccc(CNc2cccc(CN(C)C(C)=O)c2)cc1OCc1cccnc1. The zero-order chi connectivity index (χ0) is 21.3. The van der Waals surface area contributed by atoms with E-state index < -0.39 is 0 Å². The van der Waals surface area contributed by atoms with Crippen molar-refractivity contribution in [3.8, 4) is 11.5 Å². The number of hydrogen-bond acceptors (Lipinski definition) is 5. The monoisotopic (exact) mass is 405 g/mol. The van der Waals surface area contributed by atoms with Crippen molar-refractivity contribution in [2.45, 2.75) is 26.6 Å². The van der Waals surface area contributed by atoms with Gasteiger partial charge < -0.3 is 19.7 Å². The maximum Gasteiger partial charge on any atom is 0.219 e. The van der Waals surface area contributed by atoms with Crippen LogP contribution in [0.2, 0.25) is 0 Å². The first kappa shape index (κ1) is 21.2. The molecule has 0 atom stereocenters. The highest BCUT2D eigenvalue weighted by molar-refractivity contribution is 5.72. The lowest BCUT2D eigenvalue weighted by atomic mass is 10.1. The van der Waals surface area contributed by atoms with Crippen LogP contribution >= 0.6 is 0 Å². The van der Waals surface area contributed by atoms with Gasteiger partial charge in [-0.1, -0.05) is 24.3 Å². The fourth-order valence-corrected chi connectivity index (χ4v) is 2.96. The highest BCUT2D eigenvalue weighted by Crippen LogP contribution is 2.29. The van der Waals surface area contributed by atoms with Crippen molar-refractivity contribution in [1.82, 2.24) is 9.88 Å². The molecule has 1 N–H and O–H groups in total. The Morgan fingerprint density at radius 2 is 1.87 bits per heavy atom. The Balaban J connectivity index is 1.64. The number of aromatic nitrogens is 1. The average molecular weight is 405 g/mol. The largest absolute Gasteiger partial charge is 0.493 e. The van der Waals surface area contributed by atoms with Crippen LogP contribution in [-0.2, 0) is 24.5 Å². The van der Waals surface area contributed by atoms with Crippen LogP contribution in [0.1, 0.15) is 23.6 Å². The van der Waals surface area contributed by atoms with Gasteiger partial charge in [0.1, 0.15) is 6.61 Å². The van der Waals surface area contributed by atoms with Gasteiger partial charge in [0.25, 0.3) is 0 Å². The number of pyridine rings is 1. The lowest BCUT2D eigenvalue weighted by molar-refractivity contribution is -0.128. The van der Waals surface area contributed by atoms with E-state index in [1.54, 1.807) is 38.4 Å². The minimum Gasteiger partial charge on any atom is -0.493 e. The van der Waals surface area contributed by atoms with Gasteiger partial charge >= 0.3 is 0 Å². The molecular weight excluding hydrogens is 378 g/mol. The molecule has 0 radical (unpaired) electrons. The summed E-state index contributed by atoms with van der Waals surface area (Å²) in [5, 5.41) is 3.43. The number of carbonyl (C=O) groups is 1. The van der Waals surface area contributed by atoms with Crippen LogP contribution in [0.25, 0.3) is 0 Å². The van der Waals surface area contributed by atoms with E-state index in [2.05, 4.69) is 16.4 Å². The van der Waals surface area contributed by atoms with E-state index in [4.69, 9.17) is 9.47 Å². The second-order valence-corrected chi connectivity index (χ2v) is 7.06. The zero-order valence-corrected chi connectivity index (χ0v) is 17.6. The summed E-state index contributed by atoms with van der Waals surface area (Å²) in [6.07, 6.45) is 3.53. The highest BCUT2D eigenvalue weighted by Gasteiger charge is 2.08. The average Bonchev–Trinajstić information content (AvgIpc) is 2.77. The van der Waals surface area contributed by atoms with Crippen LogP contribution in [0.4, 0.5) is 5.69 Å². The van der Waals surface area contributed by atoms with Crippen LogP contribution in [0, 0.1) is 0 Å². The molecule has 0 spiro atoms. The quantitative estimate of drug-likeness (QED) is 0.576. The first-order valence-corrected chi connectivity index (χ1v) is 9.78. The van der Waals surface area contributed by atoms with E-state index in [-0.39, 0.29) is 5.91 Å². The molecule has 0 unspecified atom stereocenters. The van der Waals surface area contributed by atoms with Crippen molar-refractivity contribution in [1.29, 1.82) is 0 Å². The summed E-state index contributed by atoms with van der Waals surface area (Å²) >= 11 is 0. The molecule has 2 aromatic carbocycles. The standard InChI is InChI=1S/C24H27N3O3/c1-18(28)27(2)16-20-6-4-8-22(12-20)26-15-19-9-10-23(29-3)24(13-19)30-17-21-7-5-11-25-14-21/h4-14,26H,15-17H2,1-3H3. The number of anilines is 1. The summed E-state index contributed by atoms with van der Waals surface area (Å²) in [4.78, 5) is 17.3. The molecule has 0 saturated carbocycles. The fourth-order valence-electron chi connectivity index (χ4n) is 2.96. The molecule has 0 fully saturated rings. The van der Waals surface area contributed by atoms with Crippen LogP contribution in [0.3, 0.4) is 0 Å². The summed E-state index contributed by atoms with van der Waals surface area (Å²) in [6, 6.07) is 17.8. The van der Waals surface area contributed by atoms with Gasteiger partial charge in [0.2, 0.25) is 5.91 Å². The minimum atomic E-state index is 0.0467. The van der Waals surface area contributed by atoms with Crippen molar-refractivity contribution in [2.24, 2.45) is 0 Å². The molecule has 0 aliphatic heterocycles. The molecule has 3 aromatic rings. The molecule has 3 rings (SSSR count). The number of carbonyl (C=O) groups excluding carboxylic acids is 1. The van der Waals surface area contributed by atoms with E-state index in [1.807, 2.05) is 48.5 Å². The summed E-state index contributed by atoms with van der Waals surface area (Å²) < 4.78 is 11.4. The van der Waals surface area contributed by atoms with E-state index >= 15 is 0 Å². The van der Waals surface area contributed by atoms with Gasteiger partial charge in [-0.25, -0.2) is 0 Å². The number of hydrogen-bond donors (Lipinski definition) is 1. The van der Waals surface area contributed by atoms with E-state index in [9.17, 15) is 4.79 Å². The Bertz CT molecular complexity index is 976. The molecule has 0 bridgehead atoms. The van der Waals surface area contributed by atoms with Crippen LogP contribution in [0.5, 0.6) is 11.5 Å². The van der Waals surface area contributed by atoms with Gasteiger partial charge in [-0.2, -0.15) is 0 Å². The Labute approximate surface area is 177 Å². The Morgan fingerprint density at radius 1 is 1.03 bits per heavy atom. The van der Waals surface area contributed by atoms with Gasteiger partial charge in [0.15, 0.2) is 11.5 Å². The fraction of sp³-hybridized carbons (Fsp3) is 0.250. The minimum absolute atomic E-state index is 0.0467. The number of amides is 1. The zero-order valence-electron chi connectivity index (χ0n) is 17.6. The number of nitrogens with zero attached hydrogens (tertiary/aromatic N) is 2. The summed E-state index contributed by atoms with van der Waals surface area (Å²) in [5.41, 5.74) is 4.14. The van der Waals surface area contributed by atoms with Crippen molar-refractivity contribution >= 4 is 11.6 Å². The third-order valence-electron chi connectivity index (χ3n) is 4.73. The predicted molar refractivity (Wildman–Crippen MR) is 117 cm³/mol. The normalized spacial score (nSPS) is 10.4. The molecule has 1 amide bonds. The number of rotatable bonds is 9. The van der Waals surface area contributed by atoms with Gasteiger partial charge in [-0.05, 0) is 41.5 Å². The van der Waals surface area contributed by atoms with E-state index in [0.717, 1.165) is 22.4 Å². The molecule has 6 nitrogen and oxygen atoms in total. The number of ether oxygens (including phenoxy) is 2. The third-order valence-corrected chi connectivity index (χ3v) is 4.73. The lowest BCUT2D eigenvalue weighted by Gasteiger charge is -2.16. The highest BCUT2D eigenvalue weighted by atomic mass is 16.5. The number of methoxy groups -OCH3 is 1. The molecule has 1 heterocycles. The second kappa shape index (κ2) is 10.3. The van der Waals surface area contributed by atoms with E-state index in [0.29, 0.717) is 31.2 Å². The van der Waals surface area contributed by atoms with Crippen LogP contribution in [-0.4, -0.2) is 29.9 Å². The van der Waals surface area contributed by atoms with Crippen LogP contribution < -0.4 is 14.8 Å². The van der Waals surface area contributed by atoms with E-state index in [1.165, 1.54) is 0 Å². The Kier molecular flexibility index (Phi) is 7.27. The van der Waals surface area contributed by atoms with Gasteiger partial charge in [0.05, 0.1) is 7.11 Å². The molecule has 1 aromatic heterocycles. The first-order chi connectivity index (χ1) is 14.5. The maximum atomic E-state index is 11.5. The summed E-state index contributed by atoms with van der Waals surface area (Å²) in [7, 11) is 3.43. The molecule has 6 heteroatoms. The van der Waals surface area contributed by atoms with Crippen molar-refractivity contribution in [3.63, 3.8) is 0 Å². The number of benzene rings is 2. The van der Waals surface area contributed by atoms with Gasteiger partial charge in [-0.15, -0.1) is 0 Å². The van der Waals surface area contributed by atoms with Crippen molar-refractivity contribution < 1.29 is 14.3 Å². The summed E-state index contributed by atoms with van der Waals surface area (Å²) in [5.74, 6) is 1.43. The third kappa shape index (κ3) is 5.98. The van der Waals surface area contributed by atoms with Crippen LogP contribution in [0.15, 0.2) is 67.0 Å². The van der Waals surface area contributed by atoms with Gasteiger partial charge in [-0.3, -0.25) is 9.78 Å². The summed E-state index contributed by atoms with van der Waals surface area (Å²) in [6.45, 7) is 3.21. The topological polar surface area (TPSA) is 63.7 Å². The maximum absolute atomic E-state index is 11.5. The predicted octanol–water partition coefficient (Wildman–Crippen LogP) is 4.26. The second-order valence-electron chi connectivity index (χ2n) is 7.06. The van der Waals surface area contributed by atoms with Crippen molar-refractivity contribution in [3.05, 3.63) is 83.7 Å². The molecule has 0 aliphatic rings. The number of nitrogens with one attached hydrogen (secondary N) is 1. The molecule has 30 heavy (non-hydrogen) atoms. The molecular formula is C24H27N3O3. The molecule has 0 saturated heterocycles. The molecule has 156 valence electrons.